The SMILES string of the molecule is O=CC1CCCCN1Cc1cc(Cl)ccc1OC(F)F. The van der Waals surface area contributed by atoms with E-state index in [-0.39, 0.29) is 11.8 Å². The number of alkyl halides is 2. The molecule has 110 valence electrons. The lowest BCUT2D eigenvalue weighted by atomic mass is 10.0. The number of halogens is 3. The number of aldehydes is 1. The summed E-state index contributed by atoms with van der Waals surface area (Å²) >= 11 is 5.91. The molecule has 2 rings (SSSR count). The van der Waals surface area contributed by atoms with Crippen molar-refractivity contribution in [3.63, 3.8) is 0 Å². The maximum atomic E-state index is 12.4. The maximum Gasteiger partial charge on any atom is 0.387 e. The number of benzene rings is 1. The summed E-state index contributed by atoms with van der Waals surface area (Å²) in [6, 6.07) is 4.39. The number of hydrogen-bond acceptors (Lipinski definition) is 3. The summed E-state index contributed by atoms with van der Waals surface area (Å²) in [4.78, 5) is 13.0. The monoisotopic (exact) mass is 303 g/mol. The van der Waals surface area contributed by atoms with Gasteiger partial charge in [0.15, 0.2) is 0 Å². The van der Waals surface area contributed by atoms with Crippen LogP contribution in [0.1, 0.15) is 24.8 Å². The first-order valence-electron chi connectivity index (χ1n) is 6.52. The Bertz CT molecular complexity index is 470. The molecule has 1 atom stereocenters. The van der Waals surface area contributed by atoms with Gasteiger partial charge in [0.2, 0.25) is 0 Å². The Kier molecular flexibility index (Phi) is 5.31. The predicted molar refractivity (Wildman–Crippen MR) is 72.2 cm³/mol. The second kappa shape index (κ2) is 6.99. The van der Waals surface area contributed by atoms with E-state index < -0.39 is 6.61 Å². The van der Waals surface area contributed by atoms with Crippen LogP contribution in [0.3, 0.4) is 0 Å². The molecule has 1 unspecified atom stereocenters. The van der Waals surface area contributed by atoms with Crippen LogP contribution in [-0.4, -0.2) is 30.4 Å². The third kappa shape index (κ3) is 3.90. The van der Waals surface area contributed by atoms with Gasteiger partial charge in [-0.1, -0.05) is 18.0 Å². The van der Waals surface area contributed by atoms with Gasteiger partial charge < -0.3 is 9.53 Å². The van der Waals surface area contributed by atoms with Crippen LogP contribution in [0.5, 0.6) is 5.75 Å². The molecule has 0 spiro atoms. The Morgan fingerprint density at radius 3 is 2.95 bits per heavy atom. The fraction of sp³-hybridized carbons (Fsp3) is 0.500. The summed E-state index contributed by atoms with van der Waals surface area (Å²) in [6.45, 7) is -1.73. The number of hydrogen-bond donors (Lipinski definition) is 0. The standard InChI is InChI=1S/C14H16ClF2NO2/c15-11-4-5-13(20-14(16)17)10(7-11)8-18-6-2-1-3-12(18)9-19/h4-5,7,9,12,14H,1-3,6,8H2. The number of carbonyl (C=O) groups is 1. The Balaban J connectivity index is 2.17. The Morgan fingerprint density at radius 1 is 1.45 bits per heavy atom. The van der Waals surface area contributed by atoms with E-state index in [4.69, 9.17) is 11.6 Å². The molecule has 0 amide bonds. The van der Waals surface area contributed by atoms with Gasteiger partial charge in [-0.05, 0) is 37.6 Å². The van der Waals surface area contributed by atoms with E-state index in [1.807, 2.05) is 4.90 Å². The molecule has 1 heterocycles. The molecule has 0 radical (unpaired) electrons. The largest absolute Gasteiger partial charge is 0.434 e. The number of piperidine rings is 1. The van der Waals surface area contributed by atoms with E-state index in [0.29, 0.717) is 17.1 Å². The third-order valence-corrected chi connectivity index (χ3v) is 3.67. The van der Waals surface area contributed by atoms with Crippen molar-refractivity contribution in [3.05, 3.63) is 28.8 Å². The fourth-order valence-corrected chi connectivity index (χ4v) is 2.66. The maximum absolute atomic E-state index is 12.4. The summed E-state index contributed by atoms with van der Waals surface area (Å²) in [5.41, 5.74) is 0.576. The molecule has 20 heavy (non-hydrogen) atoms. The molecule has 0 bridgehead atoms. The van der Waals surface area contributed by atoms with Crippen LogP contribution in [0.2, 0.25) is 5.02 Å². The van der Waals surface area contributed by atoms with E-state index in [2.05, 4.69) is 4.74 Å². The minimum absolute atomic E-state index is 0.111. The Morgan fingerprint density at radius 2 is 2.25 bits per heavy atom. The molecule has 0 saturated carbocycles. The van der Waals surface area contributed by atoms with E-state index in [0.717, 1.165) is 32.1 Å². The average molecular weight is 304 g/mol. The minimum Gasteiger partial charge on any atom is -0.434 e. The second-order valence-electron chi connectivity index (χ2n) is 4.80. The molecule has 6 heteroatoms. The van der Waals surface area contributed by atoms with E-state index in [1.54, 1.807) is 6.07 Å². The topological polar surface area (TPSA) is 29.5 Å². The van der Waals surface area contributed by atoms with Crippen molar-refractivity contribution in [1.29, 1.82) is 0 Å². The van der Waals surface area contributed by atoms with Gasteiger partial charge in [-0.15, -0.1) is 0 Å². The molecule has 1 saturated heterocycles. The smallest absolute Gasteiger partial charge is 0.387 e. The Labute approximate surface area is 121 Å². The molecule has 0 aromatic heterocycles. The van der Waals surface area contributed by atoms with Gasteiger partial charge in [-0.2, -0.15) is 8.78 Å². The molecule has 3 nitrogen and oxygen atoms in total. The number of ether oxygens (including phenoxy) is 1. The van der Waals surface area contributed by atoms with Crippen LogP contribution in [0.15, 0.2) is 18.2 Å². The average Bonchev–Trinajstić information content (AvgIpc) is 2.42. The van der Waals surface area contributed by atoms with Gasteiger partial charge in [0.05, 0.1) is 6.04 Å². The fourth-order valence-electron chi connectivity index (χ4n) is 2.47. The predicted octanol–water partition coefficient (Wildman–Crippen LogP) is 3.49. The zero-order valence-electron chi connectivity index (χ0n) is 10.9. The van der Waals surface area contributed by atoms with Gasteiger partial charge in [0.1, 0.15) is 12.0 Å². The number of carbonyl (C=O) groups excluding carboxylic acids is 1. The van der Waals surface area contributed by atoms with Crippen molar-refractivity contribution in [2.24, 2.45) is 0 Å². The van der Waals surface area contributed by atoms with Crippen molar-refractivity contribution in [2.75, 3.05) is 6.54 Å². The third-order valence-electron chi connectivity index (χ3n) is 3.43. The molecule has 0 N–H and O–H groups in total. The van der Waals surface area contributed by atoms with E-state index in [9.17, 15) is 13.6 Å². The van der Waals surface area contributed by atoms with E-state index >= 15 is 0 Å². The first-order chi connectivity index (χ1) is 9.60. The zero-order chi connectivity index (χ0) is 14.5. The molecule has 1 fully saturated rings. The molecule has 1 aromatic rings. The van der Waals surface area contributed by atoms with Crippen LogP contribution < -0.4 is 4.74 Å². The van der Waals surface area contributed by atoms with Crippen LogP contribution in [-0.2, 0) is 11.3 Å². The van der Waals surface area contributed by atoms with Crippen molar-refractivity contribution < 1.29 is 18.3 Å². The Hall–Kier alpha value is -1.20. The normalized spacial score (nSPS) is 20.1. The zero-order valence-corrected chi connectivity index (χ0v) is 11.7. The highest BCUT2D eigenvalue weighted by Gasteiger charge is 2.23. The van der Waals surface area contributed by atoms with Crippen LogP contribution in [0.4, 0.5) is 8.78 Å². The first kappa shape index (κ1) is 15.2. The van der Waals surface area contributed by atoms with Crippen LogP contribution in [0.25, 0.3) is 0 Å². The summed E-state index contributed by atoms with van der Waals surface area (Å²) in [5, 5.41) is 0.460. The van der Waals surface area contributed by atoms with Gasteiger partial charge in [0, 0.05) is 17.1 Å². The second-order valence-corrected chi connectivity index (χ2v) is 5.24. The summed E-state index contributed by atoms with van der Waals surface area (Å²) < 4.78 is 29.3. The lowest BCUT2D eigenvalue weighted by molar-refractivity contribution is -0.113. The van der Waals surface area contributed by atoms with Gasteiger partial charge >= 0.3 is 6.61 Å². The van der Waals surface area contributed by atoms with Gasteiger partial charge in [-0.3, -0.25) is 4.90 Å². The summed E-state index contributed by atoms with van der Waals surface area (Å²) in [6.07, 6.45) is 3.72. The summed E-state index contributed by atoms with van der Waals surface area (Å²) in [5.74, 6) is 0.111. The van der Waals surface area contributed by atoms with Crippen molar-refractivity contribution in [3.8, 4) is 5.75 Å². The number of rotatable bonds is 5. The first-order valence-corrected chi connectivity index (χ1v) is 6.90. The van der Waals surface area contributed by atoms with E-state index in [1.165, 1.54) is 12.1 Å². The molecule has 1 aliphatic heterocycles. The molecular weight excluding hydrogens is 288 g/mol. The number of nitrogens with zero attached hydrogens (tertiary/aromatic N) is 1. The van der Waals surface area contributed by atoms with Crippen molar-refractivity contribution >= 4 is 17.9 Å². The highest BCUT2D eigenvalue weighted by atomic mass is 35.5. The number of likely N-dealkylation sites (tertiary alicyclic amines) is 1. The minimum atomic E-state index is -2.88. The van der Waals surface area contributed by atoms with Gasteiger partial charge in [0.25, 0.3) is 0 Å². The molecule has 1 aliphatic rings. The van der Waals surface area contributed by atoms with Crippen LogP contribution >= 0.6 is 11.6 Å². The quantitative estimate of drug-likeness (QED) is 0.780. The lowest BCUT2D eigenvalue weighted by Crippen LogP contribution is -2.39. The van der Waals surface area contributed by atoms with Crippen molar-refractivity contribution in [2.45, 2.75) is 38.5 Å². The molecule has 1 aromatic carbocycles. The lowest BCUT2D eigenvalue weighted by Gasteiger charge is -2.32. The highest BCUT2D eigenvalue weighted by molar-refractivity contribution is 6.30. The molecular formula is C14H16ClF2NO2. The molecule has 0 aliphatic carbocycles. The summed E-state index contributed by atoms with van der Waals surface area (Å²) in [7, 11) is 0. The highest BCUT2D eigenvalue weighted by Crippen LogP contribution is 2.28. The van der Waals surface area contributed by atoms with Crippen LogP contribution in [0, 0.1) is 0 Å². The van der Waals surface area contributed by atoms with Gasteiger partial charge in [-0.25, -0.2) is 0 Å². The van der Waals surface area contributed by atoms with Crippen molar-refractivity contribution in [1.82, 2.24) is 4.90 Å².